The van der Waals surface area contributed by atoms with E-state index in [1.807, 2.05) is 0 Å². The SMILES string of the molecule is COc1cc(NC(=O)C[NH+]2CCCC2)c(OC)cc1Cl. The monoisotopic (exact) mass is 299 g/mol. The minimum Gasteiger partial charge on any atom is -0.495 e. The number of quaternary nitrogens is 1. The van der Waals surface area contributed by atoms with Crippen LogP contribution in [0, 0.1) is 0 Å². The number of hydrogen-bond acceptors (Lipinski definition) is 3. The number of halogens is 1. The molecule has 5 nitrogen and oxygen atoms in total. The number of carbonyl (C=O) groups is 1. The molecule has 1 aromatic rings. The molecule has 1 aromatic carbocycles. The van der Waals surface area contributed by atoms with Crippen LogP contribution < -0.4 is 19.7 Å². The Bertz CT molecular complexity index is 488. The van der Waals surface area contributed by atoms with E-state index < -0.39 is 0 Å². The van der Waals surface area contributed by atoms with Crippen LogP contribution in [0.1, 0.15) is 12.8 Å². The Morgan fingerprint density at radius 1 is 1.25 bits per heavy atom. The van der Waals surface area contributed by atoms with Crippen molar-refractivity contribution in [2.24, 2.45) is 0 Å². The van der Waals surface area contributed by atoms with Gasteiger partial charge in [-0.05, 0) is 0 Å². The first-order chi connectivity index (χ1) is 9.63. The van der Waals surface area contributed by atoms with E-state index in [1.165, 1.54) is 24.9 Å². The average molecular weight is 300 g/mol. The zero-order valence-corrected chi connectivity index (χ0v) is 12.5. The van der Waals surface area contributed by atoms with Gasteiger partial charge in [0.25, 0.3) is 5.91 Å². The van der Waals surface area contributed by atoms with Gasteiger partial charge in [0.15, 0.2) is 6.54 Å². The van der Waals surface area contributed by atoms with Crippen LogP contribution in [0.4, 0.5) is 5.69 Å². The highest BCUT2D eigenvalue weighted by molar-refractivity contribution is 6.32. The second-order valence-corrected chi connectivity index (χ2v) is 5.28. The quantitative estimate of drug-likeness (QED) is 0.852. The van der Waals surface area contributed by atoms with Crippen LogP contribution in [0.5, 0.6) is 11.5 Å². The van der Waals surface area contributed by atoms with Crippen molar-refractivity contribution in [2.45, 2.75) is 12.8 Å². The first kappa shape index (κ1) is 14.9. The Kier molecular flexibility index (Phi) is 5.09. The molecular weight excluding hydrogens is 280 g/mol. The number of carbonyl (C=O) groups excluding carboxylic acids is 1. The molecule has 1 amide bonds. The number of rotatable bonds is 5. The van der Waals surface area contributed by atoms with E-state index >= 15 is 0 Å². The lowest BCUT2D eigenvalue weighted by molar-refractivity contribution is -0.878. The molecule has 6 heteroatoms. The van der Waals surface area contributed by atoms with Gasteiger partial charge >= 0.3 is 0 Å². The van der Waals surface area contributed by atoms with E-state index in [0.29, 0.717) is 28.8 Å². The van der Waals surface area contributed by atoms with Gasteiger partial charge in [-0.2, -0.15) is 0 Å². The largest absolute Gasteiger partial charge is 0.495 e. The number of anilines is 1. The van der Waals surface area contributed by atoms with Crippen molar-refractivity contribution in [1.29, 1.82) is 0 Å². The fraction of sp³-hybridized carbons (Fsp3) is 0.500. The van der Waals surface area contributed by atoms with Crippen molar-refractivity contribution in [3.8, 4) is 11.5 Å². The zero-order valence-electron chi connectivity index (χ0n) is 11.8. The van der Waals surface area contributed by atoms with Crippen molar-refractivity contribution in [3.63, 3.8) is 0 Å². The molecule has 1 aliphatic heterocycles. The van der Waals surface area contributed by atoms with Gasteiger partial charge in [0.05, 0.1) is 38.0 Å². The summed E-state index contributed by atoms with van der Waals surface area (Å²) in [6, 6.07) is 3.32. The Morgan fingerprint density at radius 3 is 2.50 bits per heavy atom. The molecule has 20 heavy (non-hydrogen) atoms. The standard InChI is InChI=1S/C14H19ClN2O3/c1-19-12-8-11(13(20-2)7-10(12)15)16-14(18)9-17-5-3-4-6-17/h7-8H,3-6,9H2,1-2H3,(H,16,18)/p+1. The molecule has 1 aliphatic rings. The Labute approximate surface area is 123 Å². The van der Waals surface area contributed by atoms with Gasteiger partial charge in [0.1, 0.15) is 11.5 Å². The third-order valence-electron chi connectivity index (χ3n) is 3.47. The van der Waals surface area contributed by atoms with Gasteiger partial charge in [0, 0.05) is 25.0 Å². The predicted octanol–water partition coefficient (Wildman–Crippen LogP) is 0.974. The normalized spacial score (nSPS) is 15.2. The number of nitrogens with one attached hydrogen (secondary N) is 2. The summed E-state index contributed by atoms with van der Waals surface area (Å²) in [5, 5.41) is 3.32. The molecule has 0 unspecified atom stereocenters. The second-order valence-electron chi connectivity index (χ2n) is 4.87. The summed E-state index contributed by atoms with van der Waals surface area (Å²) in [7, 11) is 3.08. The molecule has 0 radical (unpaired) electrons. The summed E-state index contributed by atoms with van der Waals surface area (Å²) in [6.45, 7) is 2.61. The predicted molar refractivity (Wildman–Crippen MR) is 78.0 cm³/mol. The molecular formula is C14H20ClN2O3+. The van der Waals surface area contributed by atoms with Crippen molar-refractivity contribution in [1.82, 2.24) is 0 Å². The van der Waals surface area contributed by atoms with Crippen LogP contribution in [0.15, 0.2) is 12.1 Å². The average Bonchev–Trinajstić information content (AvgIpc) is 2.92. The van der Waals surface area contributed by atoms with Gasteiger partial charge in [-0.3, -0.25) is 4.79 Å². The lowest BCUT2D eigenvalue weighted by Crippen LogP contribution is -3.11. The molecule has 0 aromatic heterocycles. The Balaban J connectivity index is 2.08. The van der Waals surface area contributed by atoms with Crippen molar-refractivity contribution in [2.75, 3.05) is 39.2 Å². The van der Waals surface area contributed by atoms with E-state index in [9.17, 15) is 4.79 Å². The summed E-state index contributed by atoms with van der Waals surface area (Å²) in [5.74, 6) is 1.02. The number of methoxy groups -OCH3 is 2. The highest BCUT2D eigenvalue weighted by atomic mass is 35.5. The molecule has 1 fully saturated rings. The van der Waals surface area contributed by atoms with Gasteiger partial charge in [-0.15, -0.1) is 0 Å². The van der Waals surface area contributed by atoms with Gasteiger partial charge in [0.2, 0.25) is 0 Å². The van der Waals surface area contributed by atoms with E-state index in [2.05, 4.69) is 5.32 Å². The third kappa shape index (κ3) is 3.55. The maximum Gasteiger partial charge on any atom is 0.279 e. The van der Waals surface area contributed by atoms with Gasteiger partial charge in [-0.25, -0.2) is 0 Å². The molecule has 110 valence electrons. The number of amides is 1. The van der Waals surface area contributed by atoms with Crippen LogP contribution >= 0.6 is 11.6 Å². The molecule has 1 saturated heterocycles. The second kappa shape index (κ2) is 6.81. The van der Waals surface area contributed by atoms with Gasteiger partial charge in [-0.1, -0.05) is 11.6 Å². The van der Waals surface area contributed by atoms with Crippen molar-refractivity contribution in [3.05, 3.63) is 17.2 Å². The van der Waals surface area contributed by atoms with E-state index in [4.69, 9.17) is 21.1 Å². The highest BCUT2D eigenvalue weighted by Crippen LogP contribution is 2.35. The van der Waals surface area contributed by atoms with Crippen LogP contribution in [0.3, 0.4) is 0 Å². The summed E-state index contributed by atoms with van der Waals surface area (Å²) < 4.78 is 10.4. The van der Waals surface area contributed by atoms with E-state index in [0.717, 1.165) is 13.1 Å². The smallest absolute Gasteiger partial charge is 0.279 e. The maximum atomic E-state index is 12.1. The van der Waals surface area contributed by atoms with E-state index in [1.54, 1.807) is 19.2 Å². The van der Waals surface area contributed by atoms with Crippen LogP contribution in [-0.4, -0.2) is 39.8 Å². The highest BCUT2D eigenvalue weighted by Gasteiger charge is 2.20. The third-order valence-corrected chi connectivity index (χ3v) is 3.76. The molecule has 0 saturated carbocycles. The Hall–Kier alpha value is -1.46. The summed E-state index contributed by atoms with van der Waals surface area (Å²) in [4.78, 5) is 13.4. The maximum absolute atomic E-state index is 12.1. The molecule has 0 atom stereocenters. The first-order valence-corrected chi connectivity index (χ1v) is 7.06. The molecule has 2 rings (SSSR count). The minimum atomic E-state index is -0.0235. The fourth-order valence-corrected chi connectivity index (χ4v) is 2.66. The zero-order chi connectivity index (χ0) is 14.5. The number of benzene rings is 1. The molecule has 2 N–H and O–H groups in total. The molecule has 0 bridgehead atoms. The fourth-order valence-electron chi connectivity index (χ4n) is 2.43. The lowest BCUT2D eigenvalue weighted by Gasteiger charge is -2.15. The van der Waals surface area contributed by atoms with Gasteiger partial charge < -0.3 is 19.7 Å². The summed E-state index contributed by atoms with van der Waals surface area (Å²) >= 11 is 6.03. The Morgan fingerprint density at radius 2 is 1.90 bits per heavy atom. The van der Waals surface area contributed by atoms with Crippen LogP contribution in [-0.2, 0) is 4.79 Å². The van der Waals surface area contributed by atoms with Crippen molar-refractivity contribution >= 4 is 23.2 Å². The number of hydrogen-bond donors (Lipinski definition) is 2. The van der Waals surface area contributed by atoms with Crippen molar-refractivity contribution < 1.29 is 19.2 Å². The molecule has 0 aliphatic carbocycles. The lowest BCUT2D eigenvalue weighted by atomic mass is 10.2. The minimum absolute atomic E-state index is 0.0235. The summed E-state index contributed by atoms with van der Waals surface area (Å²) in [6.07, 6.45) is 2.39. The molecule has 1 heterocycles. The van der Waals surface area contributed by atoms with Crippen LogP contribution in [0.2, 0.25) is 5.02 Å². The van der Waals surface area contributed by atoms with Crippen LogP contribution in [0.25, 0.3) is 0 Å². The number of ether oxygens (including phenoxy) is 2. The number of likely N-dealkylation sites (tertiary alicyclic amines) is 1. The van der Waals surface area contributed by atoms with E-state index in [-0.39, 0.29) is 5.91 Å². The first-order valence-electron chi connectivity index (χ1n) is 6.69. The summed E-state index contributed by atoms with van der Waals surface area (Å²) in [5.41, 5.74) is 0.581. The topological polar surface area (TPSA) is 52.0 Å². The molecule has 0 spiro atoms.